The van der Waals surface area contributed by atoms with E-state index in [2.05, 4.69) is 21.2 Å². The summed E-state index contributed by atoms with van der Waals surface area (Å²) in [6, 6.07) is 3.02. The molecule has 0 fully saturated rings. The van der Waals surface area contributed by atoms with Gasteiger partial charge in [0, 0.05) is 4.47 Å². The van der Waals surface area contributed by atoms with E-state index in [1.165, 1.54) is 12.1 Å². The van der Waals surface area contributed by atoms with Gasteiger partial charge in [0.2, 0.25) is 5.91 Å². The number of benzene rings is 1. The van der Waals surface area contributed by atoms with Gasteiger partial charge in [0.15, 0.2) is 0 Å². The highest BCUT2D eigenvalue weighted by molar-refractivity contribution is 9.10. The van der Waals surface area contributed by atoms with Crippen LogP contribution >= 0.6 is 15.9 Å². The summed E-state index contributed by atoms with van der Waals surface area (Å²) < 4.78 is 0.607. The molecule has 1 unspecified atom stereocenters. The quantitative estimate of drug-likeness (QED) is 0.822. The molecule has 0 radical (unpaired) electrons. The molecule has 5 heteroatoms. The summed E-state index contributed by atoms with van der Waals surface area (Å²) in [6.07, 6.45) is 0. The third-order valence-electron chi connectivity index (χ3n) is 2.48. The summed E-state index contributed by atoms with van der Waals surface area (Å²) in [4.78, 5) is 22.2. The Hall–Kier alpha value is -1.36. The first-order valence-corrected chi connectivity index (χ1v) is 5.17. The lowest BCUT2D eigenvalue weighted by Crippen LogP contribution is -2.08. The van der Waals surface area contributed by atoms with Crippen molar-refractivity contribution in [1.29, 1.82) is 0 Å². The third-order valence-corrected chi connectivity index (χ3v) is 3.10. The molecule has 0 spiro atoms. The molecule has 0 bridgehead atoms. The maximum atomic E-state index is 11.4. The van der Waals surface area contributed by atoms with Crippen LogP contribution in [0.3, 0.4) is 0 Å². The van der Waals surface area contributed by atoms with Crippen LogP contribution < -0.4 is 5.32 Å². The molecule has 0 saturated carbocycles. The van der Waals surface area contributed by atoms with Crippen LogP contribution in [-0.4, -0.2) is 17.0 Å². The van der Waals surface area contributed by atoms with Crippen molar-refractivity contribution in [2.24, 2.45) is 0 Å². The average Bonchev–Trinajstić information content (AvgIpc) is 2.45. The molecule has 4 nitrogen and oxygen atoms in total. The molecule has 2 rings (SSSR count). The Bertz CT molecular complexity index is 470. The van der Waals surface area contributed by atoms with E-state index in [0.717, 1.165) is 5.56 Å². The minimum Gasteiger partial charge on any atom is -0.478 e. The normalized spacial score (nSPS) is 18.5. The van der Waals surface area contributed by atoms with E-state index in [-0.39, 0.29) is 17.4 Å². The number of anilines is 1. The zero-order valence-corrected chi connectivity index (χ0v) is 9.46. The number of halogens is 1. The summed E-state index contributed by atoms with van der Waals surface area (Å²) in [6.45, 7) is 1.75. The second-order valence-corrected chi connectivity index (χ2v) is 4.29. The fraction of sp³-hybridized carbons (Fsp3) is 0.200. The van der Waals surface area contributed by atoms with E-state index in [4.69, 9.17) is 5.11 Å². The van der Waals surface area contributed by atoms with Gasteiger partial charge >= 0.3 is 5.97 Å². The van der Waals surface area contributed by atoms with Gasteiger partial charge in [-0.15, -0.1) is 0 Å². The zero-order valence-electron chi connectivity index (χ0n) is 7.87. The molecule has 1 amide bonds. The molecule has 0 aliphatic carbocycles. The summed E-state index contributed by atoms with van der Waals surface area (Å²) in [5.74, 6) is -1.39. The number of carbonyl (C=O) groups is 2. The van der Waals surface area contributed by atoms with Crippen LogP contribution in [0.4, 0.5) is 5.69 Å². The third kappa shape index (κ3) is 1.52. The van der Waals surface area contributed by atoms with Crippen LogP contribution in [0.5, 0.6) is 0 Å². The monoisotopic (exact) mass is 269 g/mol. The molecule has 1 atom stereocenters. The Morgan fingerprint density at radius 1 is 1.53 bits per heavy atom. The minimum atomic E-state index is -0.995. The fourth-order valence-electron chi connectivity index (χ4n) is 1.60. The highest BCUT2D eigenvalue weighted by atomic mass is 79.9. The number of aromatic carboxylic acids is 1. The molecule has 0 aromatic heterocycles. The SMILES string of the molecule is CC1C(=O)Nc2c(Br)cc(C(=O)O)cc21. The Labute approximate surface area is 94.4 Å². The van der Waals surface area contributed by atoms with Gasteiger partial charge in [0.1, 0.15) is 0 Å². The molecule has 0 saturated heterocycles. The van der Waals surface area contributed by atoms with Crippen molar-refractivity contribution in [2.45, 2.75) is 12.8 Å². The average molecular weight is 270 g/mol. The number of fused-ring (bicyclic) bond motifs is 1. The first-order valence-electron chi connectivity index (χ1n) is 4.38. The number of carboxylic acids is 1. The Balaban J connectivity index is 2.62. The largest absolute Gasteiger partial charge is 0.478 e. The van der Waals surface area contributed by atoms with E-state index in [0.29, 0.717) is 10.2 Å². The number of carbonyl (C=O) groups excluding carboxylic acids is 1. The molecule has 2 N–H and O–H groups in total. The van der Waals surface area contributed by atoms with Crippen LogP contribution in [0.1, 0.15) is 28.8 Å². The second-order valence-electron chi connectivity index (χ2n) is 3.44. The van der Waals surface area contributed by atoms with Gasteiger partial charge in [-0.05, 0) is 40.5 Å². The molecule has 1 heterocycles. The molecular formula is C10H8BrNO3. The van der Waals surface area contributed by atoms with Gasteiger partial charge in [0.05, 0.1) is 17.2 Å². The molecule has 1 aliphatic heterocycles. The Morgan fingerprint density at radius 3 is 2.80 bits per heavy atom. The maximum Gasteiger partial charge on any atom is 0.335 e. The predicted molar refractivity (Wildman–Crippen MR) is 58.1 cm³/mol. The highest BCUT2D eigenvalue weighted by Gasteiger charge is 2.29. The highest BCUT2D eigenvalue weighted by Crippen LogP contribution is 2.38. The van der Waals surface area contributed by atoms with Crippen molar-refractivity contribution in [3.05, 3.63) is 27.7 Å². The van der Waals surface area contributed by atoms with Crippen LogP contribution in [0, 0.1) is 0 Å². The Morgan fingerprint density at radius 2 is 2.20 bits per heavy atom. The van der Waals surface area contributed by atoms with Gasteiger partial charge in [-0.25, -0.2) is 4.79 Å². The molecule has 1 aromatic rings. The maximum absolute atomic E-state index is 11.4. The number of amides is 1. The van der Waals surface area contributed by atoms with E-state index in [9.17, 15) is 9.59 Å². The topological polar surface area (TPSA) is 66.4 Å². The molecule has 1 aromatic carbocycles. The number of rotatable bonds is 1. The standard InChI is InChI=1S/C10H8BrNO3/c1-4-6-2-5(10(14)15)3-7(11)8(6)12-9(4)13/h2-4H,1H3,(H,12,13)(H,14,15). The van der Waals surface area contributed by atoms with Crippen LogP contribution in [-0.2, 0) is 4.79 Å². The van der Waals surface area contributed by atoms with Gasteiger partial charge in [-0.3, -0.25) is 4.79 Å². The van der Waals surface area contributed by atoms with Crippen LogP contribution in [0.15, 0.2) is 16.6 Å². The molecule has 15 heavy (non-hydrogen) atoms. The lowest BCUT2D eigenvalue weighted by atomic mass is 10.0. The van der Waals surface area contributed by atoms with Crippen molar-refractivity contribution in [3.8, 4) is 0 Å². The van der Waals surface area contributed by atoms with Crippen molar-refractivity contribution in [1.82, 2.24) is 0 Å². The first kappa shape index (κ1) is 10.2. The van der Waals surface area contributed by atoms with E-state index in [1.807, 2.05) is 0 Å². The smallest absolute Gasteiger partial charge is 0.335 e. The lowest BCUT2D eigenvalue weighted by molar-refractivity contribution is -0.116. The zero-order chi connectivity index (χ0) is 11.2. The summed E-state index contributed by atoms with van der Waals surface area (Å²) in [5.41, 5.74) is 1.59. The van der Waals surface area contributed by atoms with Crippen molar-refractivity contribution in [2.75, 3.05) is 5.32 Å². The molecule has 1 aliphatic rings. The van der Waals surface area contributed by atoms with E-state index >= 15 is 0 Å². The second kappa shape index (κ2) is 3.34. The Kier molecular flexibility index (Phi) is 2.26. The van der Waals surface area contributed by atoms with E-state index in [1.54, 1.807) is 6.92 Å². The van der Waals surface area contributed by atoms with Crippen LogP contribution in [0.25, 0.3) is 0 Å². The number of hydrogen-bond donors (Lipinski definition) is 2. The van der Waals surface area contributed by atoms with Gasteiger partial charge in [0.25, 0.3) is 0 Å². The predicted octanol–water partition coefficient (Wildman–Crippen LogP) is 2.20. The molecular weight excluding hydrogens is 262 g/mol. The van der Waals surface area contributed by atoms with Crippen molar-refractivity contribution >= 4 is 33.5 Å². The molecule has 78 valence electrons. The van der Waals surface area contributed by atoms with Gasteiger partial charge in [-0.1, -0.05) is 0 Å². The first-order chi connectivity index (χ1) is 7.00. The number of nitrogens with one attached hydrogen (secondary N) is 1. The lowest BCUT2D eigenvalue weighted by Gasteiger charge is -2.05. The summed E-state index contributed by atoms with van der Waals surface area (Å²) in [5, 5.41) is 11.6. The number of hydrogen-bond acceptors (Lipinski definition) is 2. The van der Waals surface area contributed by atoms with Crippen LogP contribution in [0.2, 0.25) is 0 Å². The summed E-state index contributed by atoms with van der Waals surface area (Å²) >= 11 is 3.24. The van der Waals surface area contributed by atoms with E-state index < -0.39 is 5.97 Å². The van der Waals surface area contributed by atoms with Gasteiger partial charge in [-0.2, -0.15) is 0 Å². The fourth-order valence-corrected chi connectivity index (χ4v) is 2.17. The summed E-state index contributed by atoms with van der Waals surface area (Å²) in [7, 11) is 0. The van der Waals surface area contributed by atoms with Gasteiger partial charge < -0.3 is 10.4 Å². The minimum absolute atomic E-state index is 0.103. The van der Waals surface area contributed by atoms with Crippen molar-refractivity contribution in [3.63, 3.8) is 0 Å². The van der Waals surface area contributed by atoms with Crippen molar-refractivity contribution < 1.29 is 14.7 Å². The number of carboxylic acid groups (broad SMARTS) is 1.